The van der Waals surface area contributed by atoms with E-state index in [0.717, 1.165) is 0 Å². The Morgan fingerprint density at radius 2 is 2.47 bits per heavy atom. The van der Waals surface area contributed by atoms with E-state index < -0.39 is 0 Å². The van der Waals surface area contributed by atoms with Crippen molar-refractivity contribution in [1.82, 2.24) is 9.97 Å². The maximum Gasteiger partial charge on any atom is 0.225 e. The van der Waals surface area contributed by atoms with Gasteiger partial charge >= 0.3 is 0 Å². The van der Waals surface area contributed by atoms with Crippen LogP contribution in [0.1, 0.15) is 13.3 Å². The van der Waals surface area contributed by atoms with Crippen molar-refractivity contribution in [3.05, 3.63) is 17.5 Å². The molecular formula is C9H13ClN4O. The van der Waals surface area contributed by atoms with Crippen LogP contribution in [0.15, 0.2) is 12.3 Å². The highest BCUT2D eigenvalue weighted by molar-refractivity contribution is 6.28. The van der Waals surface area contributed by atoms with E-state index in [-0.39, 0.29) is 17.1 Å². The Morgan fingerprint density at radius 3 is 3.07 bits per heavy atom. The summed E-state index contributed by atoms with van der Waals surface area (Å²) < 4.78 is 0. The third-order valence-corrected chi connectivity index (χ3v) is 2.01. The number of carbonyl (C=O) groups is 1. The van der Waals surface area contributed by atoms with Crippen molar-refractivity contribution in [3.8, 4) is 0 Å². The standard InChI is InChI=1S/C9H13ClN4O/c1-6(5-11)4-8(15)13-7-2-3-12-9(10)14-7/h2-3,6H,4-5,11H2,1H3,(H,12,13,14,15). The van der Waals surface area contributed by atoms with Gasteiger partial charge in [0.1, 0.15) is 5.82 Å². The van der Waals surface area contributed by atoms with E-state index in [9.17, 15) is 4.79 Å². The number of nitrogens with zero attached hydrogens (tertiary/aromatic N) is 2. The number of hydrogen-bond acceptors (Lipinski definition) is 4. The molecule has 6 heteroatoms. The monoisotopic (exact) mass is 228 g/mol. The second-order valence-electron chi connectivity index (χ2n) is 3.30. The number of amides is 1. The normalized spacial score (nSPS) is 12.2. The van der Waals surface area contributed by atoms with Gasteiger partial charge in [0.05, 0.1) is 0 Å². The van der Waals surface area contributed by atoms with E-state index in [1.165, 1.54) is 6.20 Å². The zero-order valence-electron chi connectivity index (χ0n) is 8.40. The van der Waals surface area contributed by atoms with Crippen LogP contribution in [0, 0.1) is 5.92 Å². The summed E-state index contributed by atoms with van der Waals surface area (Å²) in [7, 11) is 0. The van der Waals surface area contributed by atoms with Gasteiger partial charge in [-0.2, -0.15) is 0 Å². The molecule has 82 valence electrons. The molecule has 0 saturated heterocycles. The van der Waals surface area contributed by atoms with Crippen LogP contribution < -0.4 is 11.1 Å². The number of aromatic nitrogens is 2. The van der Waals surface area contributed by atoms with Gasteiger partial charge in [-0.1, -0.05) is 6.92 Å². The van der Waals surface area contributed by atoms with Gasteiger partial charge in [-0.15, -0.1) is 0 Å². The van der Waals surface area contributed by atoms with Crippen molar-refractivity contribution in [1.29, 1.82) is 0 Å². The molecule has 0 bridgehead atoms. The Labute approximate surface area is 93.0 Å². The molecule has 0 aliphatic heterocycles. The van der Waals surface area contributed by atoms with E-state index in [1.807, 2.05) is 6.92 Å². The van der Waals surface area contributed by atoms with Crippen LogP contribution in [0.4, 0.5) is 5.82 Å². The predicted octanol–water partition coefficient (Wildman–Crippen LogP) is 1.05. The van der Waals surface area contributed by atoms with Crippen LogP contribution in [0.2, 0.25) is 5.28 Å². The van der Waals surface area contributed by atoms with Gasteiger partial charge in [0, 0.05) is 12.6 Å². The van der Waals surface area contributed by atoms with Crippen LogP contribution >= 0.6 is 11.6 Å². The Bertz CT molecular complexity index is 345. The van der Waals surface area contributed by atoms with Gasteiger partial charge in [-0.3, -0.25) is 4.79 Å². The fraction of sp³-hybridized carbons (Fsp3) is 0.444. The summed E-state index contributed by atoms with van der Waals surface area (Å²) >= 11 is 5.57. The highest BCUT2D eigenvalue weighted by Gasteiger charge is 2.08. The lowest BCUT2D eigenvalue weighted by Crippen LogP contribution is -2.20. The molecule has 0 aliphatic carbocycles. The number of rotatable bonds is 4. The van der Waals surface area contributed by atoms with Crippen molar-refractivity contribution < 1.29 is 4.79 Å². The molecule has 15 heavy (non-hydrogen) atoms. The number of anilines is 1. The molecule has 1 aromatic heterocycles. The van der Waals surface area contributed by atoms with E-state index in [0.29, 0.717) is 18.8 Å². The Hall–Kier alpha value is -1.20. The number of nitrogens with two attached hydrogens (primary N) is 1. The zero-order valence-corrected chi connectivity index (χ0v) is 9.16. The van der Waals surface area contributed by atoms with Crippen molar-refractivity contribution in [2.24, 2.45) is 11.7 Å². The molecule has 0 saturated carbocycles. The Balaban J connectivity index is 2.51. The summed E-state index contributed by atoms with van der Waals surface area (Å²) in [5, 5.41) is 2.73. The quantitative estimate of drug-likeness (QED) is 0.755. The molecule has 0 aromatic carbocycles. The number of hydrogen-bond donors (Lipinski definition) is 2. The number of nitrogens with one attached hydrogen (secondary N) is 1. The van der Waals surface area contributed by atoms with Gasteiger partial charge in [0.2, 0.25) is 11.2 Å². The lowest BCUT2D eigenvalue weighted by Gasteiger charge is -2.08. The van der Waals surface area contributed by atoms with Gasteiger partial charge in [0.25, 0.3) is 0 Å². The molecule has 1 atom stereocenters. The minimum absolute atomic E-state index is 0.111. The SMILES string of the molecule is CC(CN)CC(=O)Nc1ccnc(Cl)n1. The molecule has 0 spiro atoms. The van der Waals surface area contributed by atoms with Crippen molar-refractivity contribution in [2.75, 3.05) is 11.9 Å². The van der Waals surface area contributed by atoms with Gasteiger partial charge in [0.15, 0.2) is 0 Å². The van der Waals surface area contributed by atoms with Gasteiger partial charge in [-0.25, -0.2) is 9.97 Å². The summed E-state index contributed by atoms with van der Waals surface area (Å²) in [4.78, 5) is 19.0. The van der Waals surface area contributed by atoms with Crippen LogP contribution in [0.25, 0.3) is 0 Å². The van der Waals surface area contributed by atoms with Crippen LogP contribution in [0.3, 0.4) is 0 Å². The maximum absolute atomic E-state index is 11.4. The molecule has 0 radical (unpaired) electrons. The zero-order chi connectivity index (χ0) is 11.3. The largest absolute Gasteiger partial charge is 0.330 e. The first-order valence-corrected chi connectivity index (χ1v) is 4.98. The third kappa shape index (κ3) is 4.22. The van der Waals surface area contributed by atoms with E-state index in [1.54, 1.807) is 6.07 Å². The minimum Gasteiger partial charge on any atom is -0.330 e. The molecular weight excluding hydrogens is 216 g/mol. The average Bonchev–Trinajstić information content (AvgIpc) is 2.17. The van der Waals surface area contributed by atoms with E-state index in [2.05, 4.69) is 15.3 Å². The average molecular weight is 229 g/mol. The molecule has 1 rings (SSSR count). The minimum atomic E-state index is -0.122. The van der Waals surface area contributed by atoms with E-state index in [4.69, 9.17) is 17.3 Å². The van der Waals surface area contributed by atoms with Crippen LogP contribution in [-0.2, 0) is 4.79 Å². The maximum atomic E-state index is 11.4. The second-order valence-corrected chi connectivity index (χ2v) is 3.64. The summed E-state index contributed by atoms with van der Waals surface area (Å²) in [6.07, 6.45) is 1.86. The first kappa shape index (κ1) is 11.9. The van der Waals surface area contributed by atoms with Crippen molar-refractivity contribution in [3.63, 3.8) is 0 Å². The highest BCUT2D eigenvalue weighted by Crippen LogP contribution is 2.07. The fourth-order valence-corrected chi connectivity index (χ4v) is 1.15. The topological polar surface area (TPSA) is 80.9 Å². The van der Waals surface area contributed by atoms with Gasteiger partial charge < -0.3 is 11.1 Å². The summed E-state index contributed by atoms with van der Waals surface area (Å²) in [5.74, 6) is 0.439. The number of halogens is 1. The first-order valence-electron chi connectivity index (χ1n) is 4.60. The molecule has 1 heterocycles. The van der Waals surface area contributed by atoms with Crippen LogP contribution in [0.5, 0.6) is 0 Å². The molecule has 5 nitrogen and oxygen atoms in total. The molecule has 3 N–H and O–H groups in total. The van der Waals surface area contributed by atoms with Crippen molar-refractivity contribution in [2.45, 2.75) is 13.3 Å². The van der Waals surface area contributed by atoms with Gasteiger partial charge in [-0.05, 0) is 30.1 Å². The van der Waals surface area contributed by atoms with Crippen molar-refractivity contribution >= 4 is 23.3 Å². The molecule has 1 aromatic rings. The predicted molar refractivity (Wildman–Crippen MR) is 58.5 cm³/mol. The Morgan fingerprint density at radius 1 is 1.73 bits per heavy atom. The first-order chi connectivity index (χ1) is 7.11. The summed E-state index contributed by atoms with van der Waals surface area (Å²) in [6, 6.07) is 1.58. The lowest BCUT2D eigenvalue weighted by molar-refractivity contribution is -0.116. The van der Waals surface area contributed by atoms with Crippen LogP contribution in [-0.4, -0.2) is 22.4 Å². The molecule has 0 aliphatic rings. The van der Waals surface area contributed by atoms with E-state index >= 15 is 0 Å². The molecule has 0 fully saturated rings. The third-order valence-electron chi connectivity index (χ3n) is 1.83. The lowest BCUT2D eigenvalue weighted by atomic mass is 10.1. The smallest absolute Gasteiger partial charge is 0.225 e. The highest BCUT2D eigenvalue weighted by atomic mass is 35.5. The fourth-order valence-electron chi connectivity index (χ4n) is 0.998. The number of carbonyl (C=O) groups excluding carboxylic acids is 1. The Kier molecular flexibility index (Phi) is 4.45. The molecule has 1 amide bonds. The summed E-state index contributed by atoms with van der Waals surface area (Å²) in [6.45, 7) is 2.39. The second kappa shape index (κ2) is 5.63. The summed E-state index contributed by atoms with van der Waals surface area (Å²) in [5.41, 5.74) is 5.41. The molecule has 1 unspecified atom stereocenters.